The Kier molecular flexibility index (Phi) is 4.81. The molecule has 1 aliphatic heterocycles. The van der Waals surface area contributed by atoms with E-state index in [0.29, 0.717) is 18.0 Å². The second-order valence-corrected chi connectivity index (χ2v) is 8.78. The van der Waals surface area contributed by atoms with Crippen LogP contribution in [-0.2, 0) is 18.3 Å². The van der Waals surface area contributed by atoms with Gasteiger partial charge in [-0.1, -0.05) is 18.2 Å². The smallest absolute Gasteiger partial charge is 0.259 e. The highest BCUT2D eigenvalue weighted by Gasteiger charge is 2.29. The summed E-state index contributed by atoms with van der Waals surface area (Å²) in [5.41, 5.74) is 8.62. The Morgan fingerprint density at radius 3 is 2.93 bits per heavy atom. The van der Waals surface area contributed by atoms with Crippen LogP contribution in [0.4, 0.5) is 4.39 Å². The summed E-state index contributed by atoms with van der Waals surface area (Å²) in [6.07, 6.45) is 1.84. The third kappa shape index (κ3) is 3.29. The third-order valence-corrected chi connectivity index (χ3v) is 6.96. The molecule has 2 aromatic heterocycles. The number of carbonyl (C=O) groups excluding carboxylic acids is 1. The van der Waals surface area contributed by atoms with Crippen LogP contribution in [0.2, 0.25) is 0 Å². The summed E-state index contributed by atoms with van der Waals surface area (Å²) >= 11 is 1.43. The van der Waals surface area contributed by atoms with E-state index < -0.39 is 5.91 Å². The highest BCUT2D eigenvalue weighted by Crippen LogP contribution is 2.38. The van der Waals surface area contributed by atoms with Gasteiger partial charge in [0.1, 0.15) is 5.82 Å². The number of hydrogen-bond acceptors (Lipinski definition) is 4. The van der Waals surface area contributed by atoms with Crippen LogP contribution in [0.25, 0.3) is 21.0 Å². The molecule has 5 rings (SSSR count). The number of thiophene rings is 1. The first kappa shape index (κ1) is 19.2. The van der Waals surface area contributed by atoms with Crippen molar-refractivity contribution in [3.63, 3.8) is 0 Å². The van der Waals surface area contributed by atoms with Crippen molar-refractivity contribution in [1.82, 2.24) is 9.47 Å². The van der Waals surface area contributed by atoms with E-state index in [0.717, 1.165) is 45.2 Å². The largest absolute Gasteiger partial charge is 0.371 e. The first-order valence-corrected chi connectivity index (χ1v) is 10.7. The second kappa shape index (κ2) is 7.50. The van der Waals surface area contributed by atoms with E-state index in [9.17, 15) is 9.18 Å². The standard InChI is InChI=1S/C23H22FN3O2S/c1-26-11-14(16-7-6-15(24)10-18(16)26)12-27-8-9-29-19(13-27)21-17-4-2-3-5-20(17)30-22(21)23(25)28/h2-7,10-11,19H,8-9,12-13H2,1H3,(H2,25,28)/t19-/m1/s1. The Bertz CT molecular complexity index is 1260. The first-order chi connectivity index (χ1) is 14.5. The molecule has 1 atom stereocenters. The maximum Gasteiger partial charge on any atom is 0.259 e. The molecule has 30 heavy (non-hydrogen) atoms. The maximum absolute atomic E-state index is 13.6. The number of amides is 1. The van der Waals surface area contributed by atoms with Gasteiger partial charge in [-0.15, -0.1) is 11.3 Å². The van der Waals surface area contributed by atoms with E-state index in [-0.39, 0.29) is 11.9 Å². The minimum atomic E-state index is -0.414. The van der Waals surface area contributed by atoms with Crippen molar-refractivity contribution in [2.45, 2.75) is 12.6 Å². The molecule has 5 nitrogen and oxygen atoms in total. The fourth-order valence-corrected chi connectivity index (χ4v) is 5.50. The molecular weight excluding hydrogens is 401 g/mol. The number of aryl methyl sites for hydroxylation is 1. The van der Waals surface area contributed by atoms with E-state index in [1.54, 1.807) is 6.07 Å². The van der Waals surface area contributed by atoms with Crippen molar-refractivity contribution < 1.29 is 13.9 Å². The number of nitrogens with two attached hydrogens (primary N) is 1. The lowest BCUT2D eigenvalue weighted by molar-refractivity contribution is -0.0321. The van der Waals surface area contributed by atoms with Gasteiger partial charge >= 0.3 is 0 Å². The van der Waals surface area contributed by atoms with Gasteiger partial charge in [0.25, 0.3) is 5.91 Å². The molecule has 3 heterocycles. The second-order valence-electron chi connectivity index (χ2n) is 7.73. The average molecular weight is 424 g/mol. The highest BCUT2D eigenvalue weighted by molar-refractivity contribution is 7.21. The Morgan fingerprint density at radius 1 is 1.27 bits per heavy atom. The van der Waals surface area contributed by atoms with Crippen LogP contribution in [0.15, 0.2) is 48.7 Å². The molecule has 0 aliphatic carbocycles. The maximum atomic E-state index is 13.6. The Morgan fingerprint density at radius 2 is 2.10 bits per heavy atom. The monoisotopic (exact) mass is 423 g/mol. The van der Waals surface area contributed by atoms with Gasteiger partial charge in [0.15, 0.2) is 0 Å². The van der Waals surface area contributed by atoms with Crippen molar-refractivity contribution in [2.75, 3.05) is 19.7 Å². The average Bonchev–Trinajstić information content (AvgIpc) is 3.26. The van der Waals surface area contributed by atoms with Crippen molar-refractivity contribution in [2.24, 2.45) is 12.8 Å². The Hall–Kier alpha value is -2.74. The first-order valence-electron chi connectivity index (χ1n) is 9.90. The topological polar surface area (TPSA) is 60.5 Å². The number of morpholine rings is 1. The summed E-state index contributed by atoms with van der Waals surface area (Å²) in [7, 11) is 1.93. The number of primary amides is 1. The summed E-state index contributed by atoms with van der Waals surface area (Å²) in [5, 5.41) is 2.09. The van der Waals surface area contributed by atoms with E-state index in [1.165, 1.54) is 17.4 Å². The number of halogens is 1. The van der Waals surface area contributed by atoms with Gasteiger partial charge in [-0.05, 0) is 35.2 Å². The van der Waals surface area contributed by atoms with Crippen molar-refractivity contribution in [1.29, 1.82) is 0 Å². The minimum absolute atomic E-state index is 0.218. The molecule has 0 saturated carbocycles. The molecule has 2 aromatic carbocycles. The molecule has 1 aliphatic rings. The van der Waals surface area contributed by atoms with E-state index in [4.69, 9.17) is 10.5 Å². The van der Waals surface area contributed by atoms with Crippen molar-refractivity contribution in [3.8, 4) is 0 Å². The number of ether oxygens (including phenoxy) is 1. The number of aromatic nitrogens is 1. The normalized spacial score (nSPS) is 17.7. The molecule has 1 fully saturated rings. The Labute approximate surface area is 177 Å². The van der Waals surface area contributed by atoms with Crippen LogP contribution in [0.1, 0.15) is 26.9 Å². The van der Waals surface area contributed by atoms with Crippen LogP contribution >= 0.6 is 11.3 Å². The number of rotatable bonds is 4. The lowest BCUT2D eigenvalue weighted by Gasteiger charge is -2.33. The molecule has 1 amide bonds. The summed E-state index contributed by atoms with van der Waals surface area (Å²) in [6.45, 7) is 2.77. The van der Waals surface area contributed by atoms with Crippen molar-refractivity contribution >= 4 is 38.2 Å². The van der Waals surface area contributed by atoms with Crippen LogP contribution in [0, 0.1) is 5.82 Å². The molecule has 7 heteroatoms. The number of nitrogens with zero attached hydrogens (tertiary/aromatic N) is 2. The SMILES string of the molecule is Cn1cc(CN2CCO[C@@H](c3c(C(N)=O)sc4ccccc34)C2)c2ccc(F)cc21. The number of fused-ring (bicyclic) bond motifs is 2. The molecule has 0 spiro atoms. The molecule has 0 unspecified atom stereocenters. The number of hydrogen-bond donors (Lipinski definition) is 1. The summed E-state index contributed by atoms with van der Waals surface area (Å²) in [4.78, 5) is 15.0. The highest BCUT2D eigenvalue weighted by atomic mass is 32.1. The van der Waals surface area contributed by atoms with Gasteiger partial charge in [-0.2, -0.15) is 0 Å². The summed E-state index contributed by atoms with van der Waals surface area (Å²) < 4.78 is 22.7. The van der Waals surface area contributed by atoms with Crippen LogP contribution in [-0.4, -0.2) is 35.1 Å². The molecule has 0 bridgehead atoms. The minimum Gasteiger partial charge on any atom is -0.371 e. The van der Waals surface area contributed by atoms with E-state index in [1.807, 2.05) is 41.9 Å². The van der Waals surface area contributed by atoms with E-state index >= 15 is 0 Å². The van der Waals surface area contributed by atoms with Gasteiger partial charge in [0.2, 0.25) is 0 Å². The van der Waals surface area contributed by atoms with Crippen LogP contribution in [0.3, 0.4) is 0 Å². The van der Waals surface area contributed by atoms with E-state index in [2.05, 4.69) is 11.1 Å². The fourth-order valence-electron chi connectivity index (χ4n) is 4.40. The Balaban J connectivity index is 1.46. The predicted molar refractivity (Wildman–Crippen MR) is 117 cm³/mol. The quantitative estimate of drug-likeness (QED) is 0.535. The zero-order chi connectivity index (χ0) is 20.8. The van der Waals surface area contributed by atoms with Gasteiger partial charge < -0.3 is 15.0 Å². The number of benzene rings is 2. The molecule has 1 saturated heterocycles. The summed E-state index contributed by atoms with van der Waals surface area (Å²) in [6, 6.07) is 12.9. The van der Waals surface area contributed by atoms with Gasteiger partial charge in [-0.25, -0.2) is 4.39 Å². The zero-order valence-corrected chi connectivity index (χ0v) is 17.4. The third-order valence-electron chi connectivity index (χ3n) is 5.76. The lowest BCUT2D eigenvalue weighted by Crippen LogP contribution is -2.38. The predicted octanol–water partition coefficient (Wildman–Crippen LogP) is 4.20. The summed E-state index contributed by atoms with van der Waals surface area (Å²) in [5.74, 6) is -0.645. The lowest BCUT2D eigenvalue weighted by atomic mass is 10.0. The molecular formula is C23H22FN3O2S. The van der Waals surface area contributed by atoms with Crippen molar-refractivity contribution in [3.05, 3.63) is 70.5 Å². The molecule has 2 N–H and O–H groups in total. The van der Waals surface area contributed by atoms with Crippen LogP contribution in [0.5, 0.6) is 0 Å². The zero-order valence-electron chi connectivity index (χ0n) is 16.6. The van der Waals surface area contributed by atoms with Crippen LogP contribution < -0.4 is 5.73 Å². The van der Waals surface area contributed by atoms with Gasteiger partial charge in [0.05, 0.1) is 23.1 Å². The number of carbonyl (C=O) groups is 1. The molecule has 0 radical (unpaired) electrons. The van der Waals surface area contributed by atoms with Gasteiger partial charge in [-0.3, -0.25) is 9.69 Å². The molecule has 154 valence electrons. The van der Waals surface area contributed by atoms with Gasteiger partial charge in [0, 0.05) is 48.5 Å². The fraction of sp³-hybridized carbons (Fsp3) is 0.261. The molecule has 4 aromatic rings.